The van der Waals surface area contributed by atoms with Crippen molar-refractivity contribution in [3.63, 3.8) is 0 Å². The van der Waals surface area contributed by atoms with Crippen LogP contribution in [0.2, 0.25) is 0 Å². The number of carbonyl (C=O) groups is 1. The highest BCUT2D eigenvalue weighted by molar-refractivity contribution is 9.10. The zero-order chi connectivity index (χ0) is 19.6. The summed E-state index contributed by atoms with van der Waals surface area (Å²) in [7, 11) is 1.61. The molecule has 3 rings (SSSR count). The maximum atomic E-state index is 12.4. The first-order chi connectivity index (χ1) is 12.9. The molecule has 0 unspecified atom stereocenters. The number of hydrogen-bond donors (Lipinski definition) is 2. The Bertz CT molecular complexity index is 1000. The SMILES string of the molecule is COc1c(Br)cc(C)cc1-c1ccc(NC(=O)c2ccc(C)cc2)nc1N. The van der Waals surface area contributed by atoms with Crippen LogP contribution in [0.15, 0.2) is 53.0 Å². The number of halogens is 1. The van der Waals surface area contributed by atoms with Gasteiger partial charge in [-0.05, 0) is 71.7 Å². The number of hydrogen-bond acceptors (Lipinski definition) is 4. The number of pyridine rings is 1. The Hall–Kier alpha value is -2.86. The number of nitrogen functional groups attached to an aromatic ring is 1. The van der Waals surface area contributed by atoms with Crippen molar-refractivity contribution < 1.29 is 9.53 Å². The summed E-state index contributed by atoms with van der Waals surface area (Å²) in [4.78, 5) is 16.7. The van der Waals surface area contributed by atoms with Crippen LogP contribution in [0.4, 0.5) is 11.6 Å². The quantitative estimate of drug-likeness (QED) is 0.618. The van der Waals surface area contributed by atoms with Gasteiger partial charge in [0.2, 0.25) is 0 Å². The lowest BCUT2D eigenvalue weighted by atomic mass is 10.0. The molecule has 3 aromatic rings. The summed E-state index contributed by atoms with van der Waals surface area (Å²) in [6.45, 7) is 3.97. The molecule has 27 heavy (non-hydrogen) atoms. The first kappa shape index (κ1) is 18.9. The molecule has 6 heteroatoms. The number of anilines is 2. The van der Waals surface area contributed by atoms with E-state index < -0.39 is 0 Å². The molecule has 5 nitrogen and oxygen atoms in total. The van der Waals surface area contributed by atoms with E-state index in [1.165, 1.54) is 0 Å². The van der Waals surface area contributed by atoms with E-state index in [1.807, 2.05) is 44.2 Å². The predicted molar refractivity (Wildman–Crippen MR) is 112 cm³/mol. The molecule has 0 aliphatic heterocycles. The van der Waals surface area contributed by atoms with Gasteiger partial charge in [0.15, 0.2) is 0 Å². The number of benzene rings is 2. The van der Waals surface area contributed by atoms with Gasteiger partial charge in [-0.15, -0.1) is 0 Å². The van der Waals surface area contributed by atoms with Crippen LogP contribution in [0, 0.1) is 13.8 Å². The first-order valence-electron chi connectivity index (χ1n) is 8.38. The Morgan fingerprint density at radius 2 is 1.74 bits per heavy atom. The molecule has 0 saturated heterocycles. The second-order valence-corrected chi connectivity index (χ2v) is 7.13. The lowest BCUT2D eigenvalue weighted by Gasteiger charge is -2.14. The van der Waals surface area contributed by atoms with Crippen LogP contribution in [0.5, 0.6) is 5.75 Å². The van der Waals surface area contributed by atoms with Crippen molar-refractivity contribution in [2.75, 3.05) is 18.2 Å². The van der Waals surface area contributed by atoms with Crippen LogP contribution < -0.4 is 15.8 Å². The molecule has 0 spiro atoms. The number of aryl methyl sites for hydroxylation is 2. The summed E-state index contributed by atoms with van der Waals surface area (Å²) in [5.41, 5.74) is 10.5. The predicted octanol–water partition coefficient (Wildman–Crippen LogP) is 4.97. The van der Waals surface area contributed by atoms with E-state index in [4.69, 9.17) is 10.5 Å². The lowest BCUT2D eigenvalue weighted by Crippen LogP contribution is -2.13. The lowest BCUT2D eigenvalue weighted by molar-refractivity contribution is 0.102. The molecule has 1 aromatic heterocycles. The molecule has 0 saturated carbocycles. The molecule has 1 heterocycles. The van der Waals surface area contributed by atoms with Gasteiger partial charge in [0, 0.05) is 16.7 Å². The third kappa shape index (κ3) is 4.11. The summed E-state index contributed by atoms with van der Waals surface area (Å²) in [6.07, 6.45) is 0. The van der Waals surface area contributed by atoms with Crippen molar-refractivity contribution in [1.82, 2.24) is 4.98 Å². The van der Waals surface area contributed by atoms with Crippen LogP contribution in [0.25, 0.3) is 11.1 Å². The zero-order valence-corrected chi connectivity index (χ0v) is 16.9. The average Bonchev–Trinajstić information content (AvgIpc) is 2.62. The molecular formula is C21H20BrN3O2. The molecule has 0 atom stereocenters. The van der Waals surface area contributed by atoms with Crippen molar-refractivity contribution in [2.24, 2.45) is 0 Å². The molecule has 3 N–H and O–H groups in total. The topological polar surface area (TPSA) is 77.2 Å². The minimum Gasteiger partial charge on any atom is -0.495 e. The molecule has 0 aliphatic rings. The van der Waals surface area contributed by atoms with Gasteiger partial charge >= 0.3 is 0 Å². The van der Waals surface area contributed by atoms with E-state index in [9.17, 15) is 4.79 Å². The smallest absolute Gasteiger partial charge is 0.256 e. The molecule has 1 amide bonds. The van der Waals surface area contributed by atoms with Crippen LogP contribution in [-0.4, -0.2) is 18.0 Å². The van der Waals surface area contributed by atoms with Gasteiger partial charge in [-0.25, -0.2) is 4.98 Å². The summed E-state index contributed by atoms with van der Waals surface area (Å²) in [5.74, 6) is 1.16. The van der Waals surface area contributed by atoms with E-state index in [0.717, 1.165) is 26.7 Å². The number of nitrogens with one attached hydrogen (secondary N) is 1. The number of ether oxygens (including phenoxy) is 1. The number of rotatable bonds is 4. The standard InChI is InChI=1S/C21H20BrN3O2/c1-12-4-6-14(7-5-12)21(26)25-18-9-8-15(20(23)24-18)16-10-13(2)11-17(22)19(16)27-3/h4-11H,1-3H3,(H3,23,24,25,26). The minimum atomic E-state index is -0.231. The number of aromatic nitrogens is 1. The number of nitrogens with zero attached hydrogens (tertiary/aromatic N) is 1. The minimum absolute atomic E-state index is 0.231. The van der Waals surface area contributed by atoms with E-state index in [-0.39, 0.29) is 5.91 Å². The highest BCUT2D eigenvalue weighted by atomic mass is 79.9. The normalized spacial score (nSPS) is 10.5. The van der Waals surface area contributed by atoms with Crippen LogP contribution in [0.3, 0.4) is 0 Å². The van der Waals surface area contributed by atoms with Crippen LogP contribution in [-0.2, 0) is 0 Å². The zero-order valence-electron chi connectivity index (χ0n) is 15.3. The Kier molecular flexibility index (Phi) is 5.46. The Morgan fingerprint density at radius 1 is 1.04 bits per heavy atom. The maximum absolute atomic E-state index is 12.4. The van der Waals surface area contributed by atoms with Gasteiger partial charge in [-0.1, -0.05) is 17.7 Å². The second-order valence-electron chi connectivity index (χ2n) is 6.28. The van der Waals surface area contributed by atoms with Gasteiger partial charge in [0.05, 0.1) is 11.6 Å². The third-order valence-electron chi connectivity index (χ3n) is 4.16. The number of carbonyl (C=O) groups excluding carboxylic acids is 1. The van der Waals surface area contributed by atoms with Crippen molar-refractivity contribution in [1.29, 1.82) is 0 Å². The van der Waals surface area contributed by atoms with Gasteiger partial charge in [-0.3, -0.25) is 4.79 Å². The van der Waals surface area contributed by atoms with Gasteiger partial charge in [-0.2, -0.15) is 0 Å². The molecule has 0 radical (unpaired) electrons. The largest absolute Gasteiger partial charge is 0.495 e. The Morgan fingerprint density at radius 3 is 2.37 bits per heavy atom. The second kappa shape index (κ2) is 7.80. The summed E-state index contributed by atoms with van der Waals surface area (Å²) >= 11 is 3.51. The highest BCUT2D eigenvalue weighted by Gasteiger charge is 2.15. The van der Waals surface area contributed by atoms with Crippen LogP contribution >= 0.6 is 15.9 Å². The van der Waals surface area contributed by atoms with E-state index in [0.29, 0.717) is 22.9 Å². The van der Waals surface area contributed by atoms with Crippen LogP contribution in [0.1, 0.15) is 21.5 Å². The third-order valence-corrected chi connectivity index (χ3v) is 4.75. The molecule has 0 fully saturated rings. The van der Waals surface area contributed by atoms with Gasteiger partial charge < -0.3 is 15.8 Å². The number of nitrogens with two attached hydrogens (primary N) is 1. The summed E-state index contributed by atoms with van der Waals surface area (Å²) < 4.78 is 6.35. The summed E-state index contributed by atoms with van der Waals surface area (Å²) in [6, 6.07) is 14.9. The van der Waals surface area contributed by atoms with E-state index >= 15 is 0 Å². The molecule has 0 aliphatic carbocycles. The monoisotopic (exact) mass is 425 g/mol. The number of methoxy groups -OCH3 is 1. The van der Waals surface area contributed by atoms with E-state index in [2.05, 4.69) is 26.2 Å². The molecule has 138 valence electrons. The highest BCUT2D eigenvalue weighted by Crippen LogP contribution is 2.39. The Balaban J connectivity index is 1.91. The number of amides is 1. The van der Waals surface area contributed by atoms with Crippen molar-refractivity contribution >= 4 is 33.5 Å². The van der Waals surface area contributed by atoms with Crippen molar-refractivity contribution in [3.8, 4) is 16.9 Å². The fourth-order valence-electron chi connectivity index (χ4n) is 2.80. The maximum Gasteiger partial charge on any atom is 0.256 e. The van der Waals surface area contributed by atoms with Crippen molar-refractivity contribution in [2.45, 2.75) is 13.8 Å². The van der Waals surface area contributed by atoms with Gasteiger partial charge in [0.25, 0.3) is 5.91 Å². The molecule has 2 aromatic carbocycles. The van der Waals surface area contributed by atoms with Gasteiger partial charge in [0.1, 0.15) is 17.4 Å². The summed E-state index contributed by atoms with van der Waals surface area (Å²) in [5, 5.41) is 2.78. The first-order valence-corrected chi connectivity index (χ1v) is 9.17. The fourth-order valence-corrected chi connectivity index (χ4v) is 3.54. The molecular weight excluding hydrogens is 406 g/mol. The fraction of sp³-hybridized carbons (Fsp3) is 0.143. The molecule has 0 bridgehead atoms. The Labute approximate surface area is 166 Å². The van der Waals surface area contributed by atoms with E-state index in [1.54, 1.807) is 25.3 Å². The average molecular weight is 426 g/mol. The van der Waals surface area contributed by atoms with Crippen molar-refractivity contribution in [3.05, 3.63) is 69.7 Å².